The summed E-state index contributed by atoms with van der Waals surface area (Å²) in [6.45, 7) is 6.10. The lowest BCUT2D eigenvalue weighted by atomic mass is 9.78. The Kier molecular flexibility index (Phi) is 3.44. The number of aromatic nitrogens is 1. The van der Waals surface area contributed by atoms with Gasteiger partial charge in [-0.05, 0) is 29.5 Å². The Balaban J connectivity index is 2.36. The number of aromatic carboxylic acids is 1. The first-order chi connectivity index (χ1) is 11.1. The summed E-state index contributed by atoms with van der Waals surface area (Å²) < 4.78 is 1.80. The van der Waals surface area contributed by atoms with Crippen molar-refractivity contribution in [1.29, 1.82) is 0 Å². The van der Waals surface area contributed by atoms with Crippen LogP contribution in [-0.2, 0) is 6.42 Å². The topological polar surface area (TPSA) is 99.8 Å². The summed E-state index contributed by atoms with van der Waals surface area (Å²) >= 11 is 0. The van der Waals surface area contributed by atoms with Crippen LogP contribution >= 0.6 is 0 Å². The first-order valence-electron chi connectivity index (χ1n) is 7.64. The lowest BCUT2D eigenvalue weighted by Gasteiger charge is -2.39. The SMILES string of the molecule is CC(C)(C)C1Cc2cc(O)c(O)cc2-c2cc(=O)c(C(=O)O)cn21. The number of benzene rings is 1. The minimum absolute atomic E-state index is 0.0948. The number of nitrogens with zero attached hydrogens (tertiary/aromatic N) is 1. The molecule has 2 aromatic rings. The van der Waals surface area contributed by atoms with Gasteiger partial charge in [0.05, 0.1) is 5.69 Å². The molecule has 6 heteroatoms. The zero-order valence-electron chi connectivity index (χ0n) is 13.7. The summed E-state index contributed by atoms with van der Waals surface area (Å²) in [5, 5.41) is 28.8. The first kappa shape index (κ1) is 16.1. The Morgan fingerprint density at radius 1 is 1.17 bits per heavy atom. The highest BCUT2D eigenvalue weighted by molar-refractivity contribution is 5.87. The molecular weight excluding hydrogens is 310 g/mol. The third-order valence-electron chi connectivity index (χ3n) is 4.54. The highest BCUT2D eigenvalue weighted by atomic mass is 16.4. The molecule has 0 radical (unpaired) electrons. The molecular formula is C18H19NO5. The predicted octanol–water partition coefficient (Wildman–Crippen LogP) is 2.77. The van der Waals surface area contributed by atoms with Crippen LogP contribution in [0.4, 0.5) is 0 Å². The summed E-state index contributed by atoms with van der Waals surface area (Å²) in [6, 6.07) is 4.11. The summed E-state index contributed by atoms with van der Waals surface area (Å²) in [4.78, 5) is 23.5. The van der Waals surface area contributed by atoms with Crippen molar-refractivity contribution < 1.29 is 20.1 Å². The second-order valence-electron chi connectivity index (χ2n) is 7.23. The maximum atomic E-state index is 12.1. The molecule has 0 spiro atoms. The fraction of sp³-hybridized carbons (Fsp3) is 0.333. The van der Waals surface area contributed by atoms with Gasteiger partial charge in [0.2, 0.25) is 0 Å². The monoisotopic (exact) mass is 329 g/mol. The molecule has 0 fully saturated rings. The predicted molar refractivity (Wildman–Crippen MR) is 88.6 cm³/mol. The summed E-state index contributed by atoms with van der Waals surface area (Å²) in [6.07, 6.45) is 1.93. The minimum atomic E-state index is -1.26. The van der Waals surface area contributed by atoms with Gasteiger partial charge in [-0.3, -0.25) is 4.79 Å². The Hall–Kier alpha value is -2.76. The van der Waals surface area contributed by atoms with Gasteiger partial charge in [0.1, 0.15) is 5.56 Å². The maximum Gasteiger partial charge on any atom is 0.341 e. The number of carbonyl (C=O) groups is 1. The molecule has 0 bridgehead atoms. The minimum Gasteiger partial charge on any atom is -0.504 e. The van der Waals surface area contributed by atoms with E-state index in [0.29, 0.717) is 17.7 Å². The van der Waals surface area contributed by atoms with Gasteiger partial charge in [0.15, 0.2) is 16.9 Å². The molecule has 3 rings (SSSR count). The third kappa shape index (κ3) is 2.44. The van der Waals surface area contributed by atoms with E-state index in [9.17, 15) is 24.9 Å². The van der Waals surface area contributed by atoms with Gasteiger partial charge in [-0.25, -0.2) is 4.79 Å². The number of carboxylic acid groups (broad SMARTS) is 1. The van der Waals surface area contributed by atoms with E-state index in [2.05, 4.69) is 0 Å². The van der Waals surface area contributed by atoms with Crippen molar-refractivity contribution in [3.63, 3.8) is 0 Å². The summed E-state index contributed by atoms with van der Waals surface area (Å²) in [5.74, 6) is -1.74. The van der Waals surface area contributed by atoms with Crippen molar-refractivity contribution in [2.75, 3.05) is 0 Å². The van der Waals surface area contributed by atoms with E-state index in [4.69, 9.17) is 0 Å². The van der Waals surface area contributed by atoms with Crippen molar-refractivity contribution in [2.45, 2.75) is 33.2 Å². The molecule has 3 N–H and O–H groups in total. The van der Waals surface area contributed by atoms with Gasteiger partial charge >= 0.3 is 5.97 Å². The lowest BCUT2D eigenvalue weighted by Crippen LogP contribution is -2.32. The Morgan fingerprint density at radius 2 is 1.79 bits per heavy atom. The summed E-state index contributed by atoms with van der Waals surface area (Å²) in [5.41, 5.74) is 0.917. The second-order valence-corrected chi connectivity index (χ2v) is 7.23. The zero-order chi connectivity index (χ0) is 17.8. The van der Waals surface area contributed by atoms with Crippen molar-refractivity contribution in [1.82, 2.24) is 4.57 Å². The van der Waals surface area contributed by atoms with E-state index < -0.39 is 11.4 Å². The Bertz CT molecular complexity index is 905. The Labute approximate surface area is 138 Å². The average molecular weight is 329 g/mol. The zero-order valence-corrected chi connectivity index (χ0v) is 13.7. The molecule has 0 aliphatic carbocycles. The molecule has 2 heterocycles. The first-order valence-corrected chi connectivity index (χ1v) is 7.64. The van der Waals surface area contributed by atoms with Gasteiger partial charge in [-0.1, -0.05) is 20.8 Å². The number of hydrogen-bond acceptors (Lipinski definition) is 4. The number of phenolic OH excluding ortho intramolecular Hbond substituents is 2. The average Bonchev–Trinajstić information content (AvgIpc) is 2.46. The van der Waals surface area contributed by atoms with E-state index in [1.54, 1.807) is 4.57 Å². The van der Waals surface area contributed by atoms with Gasteiger partial charge in [-0.15, -0.1) is 0 Å². The molecule has 1 aromatic carbocycles. The van der Waals surface area contributed by atoms with E-state index in [0.717, 1.165) is 5.56 Å². The van der Waals surface area contributed by atoms with Gasteiger partial charge in [0.25, 0.3) is 0 Å². The van der Waals surface area contributed by atoms with Gasteiger partial charge in [-0.2, -0.15) is 0 Å². The number of carboxylic acids is 1. The second kappa shape index (κ2) is 5.12. The van der Waals surface area contributed by atoms with Crippen LogP contribution in [0.3, 0.4) is 0 Å². The molecule has 1 aliphatic rings. The molecule has 0 saturated heterocycles. The molecule has 1 aliphatic heterocycles. The van der Waals surface area contributed by atoms with E-state index in [1.807, 2.05) is 20.8 Å². The normalized spacial score (nSPS) is 16.4. The highest BCUT2D eigenvalue weighted by Crippen LogP contribution is 2.45. The quantitative estimate of drug-likeness (QED) is 0.699. The molecule has 126 valence electrons. The van der Waals surface area contributed by atoms with Gasteiger partial charge in [0, 0.05) is 23.9 Å². The lowest BCUT2D eigenvalue weighted by molar-refractivity contribution is 0.0693. The van der Waals surface area contributed by atoms with E-state index in [-0.39, 0.29) is 28.5 Å². The molecule has 24 heavy (non-hydrogen) atoms. The number of rotatable bonds is 1. The molecule has 1 atom stereocenters. The van der Waals surface area contributed by atoms with Crippen LogP contribution in [0, 0.1) is 5.41 Å². The maximum absolute atomic E-state index is 12.1. The summed E-state index contributed by atoms with van der Waals surface area (Å²) in [7, 11) is 0. The van der Waals surface area contributed by atoms with Crippen molar-refractivity contribution >= 4 is 5.97 Å². The number of fused-ring (bicyclic) bond motifs is 3. The highest BCUT2D eigenvalue weighted by Gasteiger charge is 2.33. The van der Waals surface area contributed by atoms with Crippen molar-refractivity contribution in [3.8, 4) is 22.8 Å². The fourth-order valence-corrected chi connectivity index (χ4v) is 3.24. The van der Waals surface area contributed by atoms with Crippen LogP contribution in [0.2, 0.25) is 0 Å². The van der Waals surface area contributed by atoms with Crippen LogP contribution in [0.15, 0.2) is 29.2 Å². The van der Waals surface area contributed by atoms with E-state index in [1.165, 1.54) is 24.4 Å². The molecule has 0 saturated carbocycles. The third-order valence-corrected chi connectivity index (χ3v) is 4.54. The van der Waals surface area contributed by atoms with Crippen molar-refractivity contribution in [3.05, 3.63) is 45.7 Å². The molecule has 6 nitrogen and oxygen atoms in total. The van der Waals surface area contributed by atoms with E-state index >= 15 is 0 Å². The number of hydrogen-bond donors (Lipinski definition) is 3. The number of phenols is 2. The van der Waals surface area contributed by atoms with Crippen LogP contribution in [0.5, 0.6) is 11.5 Å². The largest absolute Gasteiger partial charge is 0.504 e. The van der Waals surface area contributed by atoms with Gasteiger partial charge < -0.3 is 19.9 Å². The standard InChI is InChI=1S/C18H19NO5/c1-18(2,3)16-5-9-4-14(21)15(22)6-10(9)12-7-13(20)11(17(23)24)8-19(12)16/h4,6-8,16,21-22H,5H2,1-3H3,(H,23,24). The number of aromatic hydroxyl groups is 2. The van der Waals surface area contributed by atoms with Crippen LogP contribution in [0.1, 0.15) is 42.7 Å². The van der Waals surface area contributed by atoms with Crippen molar-refractivity contribution in [2.24, 2.45) is 5.41 Å². The molecule has 0 amide bonds. The Morgan fingerprint density at radius 3 is 2.38 bits per heavy atom. The van der Waals surface area contributed by atoms with Crippen LogP contribution in [0.25, 0.3) is 11.3 Å². The molecule has 1 aromatic heterocycles. The van der Waals surface area contributed by atoms with Crippen LogP contribution in [-0.4, -0.2) is 25.9 Å². The molecule has 1 unspecified atom stereocenters. The number of pyridine rings is 1. The smallest absolute Gasteiger partial charge is 0.341 e. The van der Waals surface area contributed by atoms with Crippen LogP contribution < -0.4 is 5.43 Å². The fourth-order valence-electron chi connectivity index (χ4n) is 3.24.